The van der Waals surface area contributed by atoms with Crippen molar-refractivity contribution < 1.29 is 4.57 Å². The molecule has 2 nitrogen and oxygen atoms in total. The molecule has 3 aromatic rings. The van der Waals surface area contributed by atoms with E-state index < -0.39 is 0 Å². The Kier molecular flexibility index (Phi) is 4.66. The number of hydrogen-bond acceptors (Lipinski definition) is 4. The molecule has 0 radical (unpaired) electrons. The third-order valence-corrected chi connectivity index (χ3v) is 5.74. The molecule has 0 aliphatic carbocycles. The Labute approximate surface area is 146 Å². The molecule has 114 valence electrons. The zero-order valence-corrected chi connectivity index (χ0v) is 15.3. The molecule has 0 aliphatic rings. The number of thiol groups is 2. The van der Waals surface area contributed by atoms with Crippen LogP contribution in [0, 0.1) is 6.92 Å². The Morgan fingerprint density at radius 3 is 2.36 bits per heavy atom. The summed E-state index contributed by atoms with van der Waals surface area (Å²) in [5.41, 5.74) is 4.97. The van der Waals surface area contributed by atoms with E-state index in [2.05, 4.69) is 91.2 Å². The minimum absolute atomic E-state index is 0.665. The van der Waals surface area contributed by atoms with Gasteiger partial charge in [0.05, 0.1) is 17.3 Å². The van der Waals surface area contributed by atoms with E-state index in [0.29, 0.717) is 11.8 Å². The van der Waals surface area contributed by atoms with Gasteiger partial charge in [-0.05, 0) is 42.8 Å². The van der Waals surface area contributed by atoms with Gasteiger partial charge in [0.15, 0.2) is 0 Å². The number of aromatic nitrogens is 1. The molecule has 22 heavy (non-hydrogen) atoms. The van der Waals surface area contributed by atoms with E-state index in [1.807, 2.05) is 11.3 Å². The monoisotopic (exact) mass is 347 g/mol. The van der Waals surface area contributed by atoms with Crippen molar-refractivity contribution in [1.82, 2.24) is 0 Å². The minimum Gasteiger partial charge on any atom is -0.354 e. The van der Waals surface area contributed by atoms with E-state index in [1.165, 1.54) is 26.4 Å². The smallest absolute Gasteiger partial charge is 0.269 e. The van der Waals surface area contributed by atoms with Gasteiger partial charge in [0, 0.05) is 11.8 Å². The van der Waals surface area contributed by atoms with Gasteiger partial charge in [0.1, 0.15) is 11.7 Å². The van der Waals surface area contributed by atoms with Gasteiger partial charge in [-0.3, -0.25) is 0 Å². The van der Waals surface area contributed by atoms with Gasteiger partial charge in [-0.25, -0.2) is 0 Å². The molecule has 0 spiro atoms. The lowest BCUT2D eigenvalue weighted by Gasteiger charge is -2.19. The molecule has 3 rings (SSSR count). The van der Waals surface area contributed by atoms with Crippen molar-refractivity contribution in [3.8, 4) is 10.6 Å². The number of hydrogen-bond donors (Lipinski definition) is 2. The molecular weight excluding hydrogens is 328 g/mol. The van der Waals surface area contributed by atoms with Crippen LogP contribution in [0.5, 0.6) is 0 Å². The second kappa shape index (κ2) is 6.52. The molecule has 0 N–H and O–H groups in total. The Bertz CT molecular complexity index is 790. The SMILES string of the molecule is Cc1ccc2c(c1)sc(-c1ccc(N(CS)CS)cc1)[n+]2C. The average molecular weight is 348 g/mol. The Balaban J connectivity index is 2.02. The Morgan fingerprint density at radius 2 is 1.73 bits per heavy atom. The first-order valence-corrected chi connectivity index (χ1v) is 9.18. The van der Waals surface area contributed by atoms with E-state index in [4.69, 9.17) is 0 Å². The Hall–Kier alpha value is -1.17. The minimum atomic E-state index is 0.665. The maximum atomic E-state index is 4.34. The second-order valence-corrected chi connectivity index (χ2v) is 6.90. The zero-order valence-electron chi connectivity index (χ0n) is 12.7. The predicted octanol–water partition coefficient (Wildman–Crippen LogP) is 4.28. The number of fused-ring (bicyclic) bond motifs is 1. The van der Waals surface area contributed by atoms with Crippen LogP contribution < -0.4 is 9.47 Å². The summed E-state index contributed by atoms with van der Waals surface area (Å²) in [5.74, 6) is 1.33. The first-order chi connectivity index (χ1) is 10.6. The van der Waals surface area contributed by atoms with E-state index in [0.717, 1.165) is 5.69 Å². The quantitative estimate of drug-likeness (QED) is 0.406. The topological polar surface area (TPSA) is 7.12 Å². The molecule has 0 aliphatic heterocycles. The fraction of sp³-hybridized carbons (Fsp3) is 0.235. The summed E-state index contributed by atoms with van der Waals surface area (Å²) in [6.07, 6.45) is 0. The standard InChI is InChI=1S/C17H18N2S3/c1-12-3-8-15-16(9-12)22-17(18(15)2)13-4-6-14(7-5-13)19(10-20)11-21/h3-9H,10-11H2,1-2H3,(H-,20,21)/p+1. The van der Waals surface area contributed by atoms with E-state index in [-0.39, 0.29) is 0 Å². The van der Waals surface area contributed by atoms with Gasteiger partial charge in [0.25, 0.3) is 5.01 Å². The van der Waals surface area contributed by atoms with Gasteiger partial charge in [-0.1, -0.05) is 17.4 Å². The number of rotatable bonds is 4. The van der Waals surface area contributed by atoms with Crippen molar-refractivity contribution in [3.05, 3.63) is 48.0 Å². The first-order valence-electron chi connectivity index (χ1n) is 7.10. The van der Waals surface area contributed by atoms with Crippen molar-refractivity contribution in [1.29, 1.82) is 0 Å². The van der Waals surface area contributed by atoms with Crippen molar-refractivity contribution in [2.75, 3.05) is 16.7 Å². The van der Waals surface area contributed by atoms with Gasteiger partial charge in [0.2, 0.25) is 5.52 Å². The third-order valence-electron chi connectivity index (χ3n) is 3.81. The maximum absolute atomic E-state index is 4.34. The van der Waals surface area contributed by atoms with Crippen LogP contribution >= 0.6 is 36.6 Å². The summed E-state index contributed by atoms with van der Waals surface area (Å²) in [5, 5.41) is 1.27. The largest absolute Gasteiger partial charge is 0.354 e. The Morgan fingerprint density at radius 1 is 1.05 bits per heavy atom. The zero-order chi connectivity index (χ0) is 15.7. The summed E-state index contributed by atoms with van der Waals surface area (Å²) < 4.78 is 3.60. The van der Waals surface area contributed by atoms with Crippen LogP contribution in [-0.4, -0.2) is 11.8 Å². The third kappa shape index (κ3) is 2.85. The fourth-order valence-electron chi connectivity index (χ4n) is 2.54. The number of thiazole rings is 1. The normalized spacial score (nSPS) is 11.1. The van der Waals surface area contributed by atoms with Crippen LogP contribution in [0.1, 0.15) is 5.56 Å². The summed E-state index contributed by atoms with van der Waals surface area (Å²) in [6, 6.07) is 15.2. The molecule has 0 atom stereocenters. The number of benzene rings is 2. The van der Waals surface area contributed by atoms with E-state index in [9.17, 15) is 0 Å². The van der Waals surface area contributed by atoms with Crippen molar-refractivity contribution in [3.63, 3.8) is 0 Å². The van der Waals surface area contributed by atoms with Crippen LogP contribution in [0.2, 0.25) is 0 Å². The highest BCUT2D eigenvalue weighted by Gasteiger charge is 2.18. The van der Waals surface area contributed by atoms with Gasteiger partial charge < -0.3 is 4.90 Å². The molecule has 1 heterocycles. The van der Waals surface area contributed by atoms with Crippen molar-refractivity contribution in [2.24, 2.45) is 7.05 Å². The number of aryl methyl sites for hydroxylation is 2. The van der Waals surface area contributed by atoms with Crippen LogP contribution in [0.3, 0.4) is 0 Å². The average Bonchev–Trinajstić information content (AvgIpc) is 2.85. The van der Waals surface area contributed by atoms with Gasteiger partial charge in [-0.2, -0.15) is 29.8 Å². The van der Waals surface area contributed by atoms with Gasteiger partial charge in [-0.15, -0.1) is 0 Å². The van der Waals surface area contributed by atoms with Gasteiger partial charge >= 0.3 is 0 Å². The highest BCUT2D eigenvalue weighted by atomic mass is 32.1. The highest BCUT2D eigenvalue weighted by Crippen LogP contribution is 2.30. The van der Waals surface area contributed by atoms with Crippen LogP contribution in [-0.2, 0) is 7.05 Å². The molecule has 0 saturated carbocycles. The second-order valence-electron chi connectivity index (χ2n) is 5.31. The van der Waals surface area contributed by atoms with E-state index in [1.54, 1.807) is 0 Å². The summed E-state index contributed by atoms with van der Waals surface area (Å²) >= 11 is 10.5. The van der Waals surface area contributed by atoms with Crippen LogP contribution in [0.15, 0.2) is 42.5 Å². The lowest BCUT2D eigenvalue weighted by Crippen LogP contribution is -2.28. The summed E-state index contributed by atoms with van der Waals surface area (Å²) in [6.45, 7) is 2.14. The molecule has 2 aromatic carbocycles. The lowest BCUT2D eigenvalue weighted by atomic mass is 10.2. The maximum Gasteiger partial charge on any atom is 0.269 e. The molecule has 0 bridgehead atoms. The number of anilines is 1. The molecular formula is C17H19N2S3+. The molecule has 0 saturated heterocycles. The van der Waals surface area contributed by atoms with Crippen LogP contribution in [0.4, 0.5) is 5.69 Å². The molecule has 1 aromatic heterocycles. The van der Waals surface area contributed by atoms with Crippen molar-refractivity contribution in [2.45, 2.75) is 6.92 Å². The molecule has 0 fully saturated rings. The van der Waals surface area contributed by atoms with Crippen LogP contribution in [0.25, 0.3) is 20.8 Å². The van der Waals surface area contributed by atoms with E-state index >= 15 is 0 Å². The lowest BCUT2D eigenvalue weighted by molar-refractivity contribution is -0.629. The highest BCUT2D eigenvalue weighted by molar-refractivity contribution is 7.81. The fourth-order valence-corrected chi connectivity index (χ4v) is 4.47. The predicted molar refractivity (Wildman–Crippen MR) is 103 cm³/mol. The van der Waals surface area contributed by atoms with Crippen molar-refractivity contribution >= 4 is 52.5 Å². The summed E-state index contributed by atoms with van der Waals surface area (Å²) in [7, 11) is 2.13. The summed E-state index contributed by atoms with van der Waals surface area (Å²) in [4.78, 5) is 2.10. The first kappa shape index (κ1) is 15.7. The molecule has 5 heteroatoms. The number of nitrogens with zero attached hydrogens (tertiary/aromatic N) is 2. The molecule has 0 amide bonds. The molecule has 0 unspecified atom stereocenters.